The number of hydrogen-bond acceptors (Lipinski definition) is 5. The van der Waals surface area contributed by atoms with E-state index in [1.54, 1.807) is 15.9 Å². The van der Waals surface area contributed by atoms with Crippen molar-refractivity contribution in [3.05, 3.63) is 51.6 Å². The van der Waals surface area contributed by atoms with Crippen molar-refractivity contribution in [1.29, 1.82) is 0 Å². The van der Waals surface area contributed by atoms with Crippen molar-refractivity contribution in [1.82, 2.24) is 9.97 Å². The molecule has 3 heterocycles. The van der Waals surface area contributed by atoms with E-state index >= 15 is 0 Å². The van der Waals surface area contributed by atoms with Gasteiger partial charge in [0.15, 0.2) is 5.82 Å². The molecule has 2 aliphatic rings. The number of aromatic nitrogens is 2. The highest BCUT2D eigenvalue weighted by molar-refractivity contribution is 5.97. The van der Waals surface area contributed by atoms with E-state index in [0.717, 1.165) is 5.56 Å². The molecule has 2 aliphatic heterocycles. The second kappa shape index (κ2) is 7.31. The van der Waals surface area contributed by atoms with E-state index in [1.807, 2.05) is 6.92 Å². The summed E-state index contributed by atoms with van der Waals surface area (Å²) in [5.41, 5.74) is 0.503. The van der Waals surface area contributed by atoms with Crippen LogP contribution in [-0.2, 0) is 22.4 Å². The highest BCUT2D eigenvalue weighted by Gasteiger charge is 2.32. The third-order valence-corrected chi connectivity index (χ3v) is 5.05. The molecule has 1 N–H and O–H groups in total. The van der Waals surface area contributed by atoms with Crippen molar-refractivity contribution in [2.45, 2.75) is 25.8 Å². The summed E-state index contributed by atoms with van der Waals surface area (Å²) in [7, 11) is 0. The van der Waals surface area contributed by atoms with Gasteiger partial charge in [-0.15, -0.1) is 0 Å². The molecule has 0 bridgehead atoms. The van der Waals surface area contributed by atoms with Crippen molar-refractivity contribution >= 4 is 17.4 Å². The minimum atomic E-state index is -0.964. The molecule has 1 saturated heterocycles. The summed E-state index contributed by atoms with van der Waals surface area (Å²) in [5, 5.41) is 0. The van der Waals surface area contributed by atoms with Crippen LogP contribution in [0.1, 0.15) is 18.3 Å². The van der Waals surface area contributed by atoms with Gasteiger partial charge in [-0.05, 0) is 37.1 Å². The Morgan fingerprint density at radius 1 is 1.32 bits per heavy atom. The first kappa shape index (κ1) is 18.5. The lowest BCUT2D eigenvalue weighted by molar-refractivity contribution is -0.118. The number of hydrogen-bond donors (Lipinski definition) is 1. The first-order chi connectivity index (χ1) is 13.4. The summed E-state index contributed by atoms with van der Waals surface area (Å²) < 4.78 is 33.0. The van der Waals surface area contributed by atoms with Gasteiger partial charge in [-0.2, -0.15) is 4.39 Å². The van der Waals surface area contributed by atoms with E-state index in [-0.39, 0.29) is 35.8 Å². The fourth-order valence-corrected chi connectivity index (χ4v) is 3.77. The molecule has 1 amide bonds. The number of anilines is 2. The normalized spacial score (nSPS) is 19.0. The Balaban J connectivity index is 1.60. The Labute approximate surface area is 159 Å². The summed E-state index contributed by atoms with van der Waals surface area (Å²) in [4.78, 5) is 34.7. The fourth-order valence-electron chi connectivity index (χ4n) is 3.77. The van der Waals surface area contributed by atoms with E-state index in [1.165, 1.54) is 12.1 Å². The molecule has 1 aromatic carbocycles. The van der Waals surface area contributed by atoms with Gasteiger partial charge in [0.05, 0.1) is 19.6 Å². The first-order valence-electron chi connectivity index (χ1n) is 9.16. The maximum atomic E-state index is 14.3. The van der Waals surface area contributed by atoms with E-state index < -0.39 is 11.4 Å². The van der Waals surface area contributed by atoms with Gasteiger partial charge in [0, 0.05) is 24.8 Å². The molecular formula is C19H20F2N4O3. The molecule has 28 heavy (non-hydrogen) atoms. The Hall–Kier alpha value is -2.81. The van der Waals surface area contributed by atoms with Crippen LogP contribution < -0.4 is 15.4 Å². The van der Waals surface area contributed by atoms with E-state index in [4.69, 9.17) is 4.74 Å². The van der Waals surface area contributed by atoms with Crippen LogP contribution >= 0.6 is 0 Å². The van der Waals surface area contributed by atoms with Crippen molar-refractivity contribution in [2.75, 3.05) is 36.1 Å². The van der Waals surface area contributed by atoms with Gasteiger partial charge < -0.3 is 19.5 Å². The maximum absolute atomic E-state index is 14.3. The number of fused-ring (bicyclic) bond motifs is 1. The number of nitrogens with zero attached hydrogens (tertiary/aromatic N) is 3. The molecule has 0 radical (unpaired) electrons. The summed E-state index contributed by atoms with van der Waals surface area (Å²) >= 11 is 0. The van der Waals surface area contributed by atoms with Crippen LogP contribution in [0.25, 0.3) is 0 Å². The number of aromatic amines is 1. The zero-order valence-electron chi connectivity index (χ0n) is 15.4. The molecule has 9 heteroatoms. The highest BCUT2D eigenvalue weighted by Crippen LogP contribution is 2.33. The molecule has 7 nitrogen and oxygen atoms in total. The fraction of sp³-hybridized carbons (Fsp3) is 0.421. The van der Waals surface area contributed by atoms with Gasteiger partial charge >= 0.3 is 0 Å². The van der Waals surface area contributed by atoms with Gasteiger partial charge in [0.1, 0.15) is 11.6 Å². The third kappa shape index (κ3) is 3.37. The third-order valence-electron chi connectivity index (χ3n) is 5.05. The van der Waals surface area contributed by atoms with E-state index in [2.05, 4.69) is 9.97 Å². The number of morpholine rings is 1. The van der Waals surface area contributed by atoms with Crippen molar-refractivity contribution in [2.24, 2.45) is 0 Å². The minimum absolute atomic E-state index is 0.0632. The van der Waals surface area contributed by atoms with Gasteiger partial charge in [0.2, 0.25) is 11.7 Å². The summed E-state index contributed by atoms with van der Waals surface area (Å²) in [6, 6.07) is 4.17. The number of carbonyl (C=O) groups excluding carboxylic acids is 1. The van der Waals surface area contributed by atoms with E-state index in [9.17, 15) is 18.4 Å². The Bertz CT molecular complexity index is 972. The molecule has 148 valence electrons. The summed E-state index contributed by atoms with van der Waals surface area (Å²) in [5.74, 6) is -1.57. The zero-order valence-corrected chi connectivity index (χ0v) is 15.4. The Morgan fingerprint density at radius 3 is 2.82 bits per heavy atom. The van der Waals surface area contributed by atoms with Gasteiger partial charge in [-0.25, -0.2) is 9.37 Å². The predicted octanol–water partition coefficient (Wildman–Crippen LogP) is 1.40. The lowest BCUT2D eigenvalue weighted by Gasteiger charge is -2.28. The molecule has 1 atom stereocenters. The summed E-state index contributed by atoms with van der Waals surface area (Å²) in [6.45, 7) is 3.54. The number of carbonyl (C=O) groups is 1. The number of benzene rings is 1. The number of ether oxygens (including phenoxy) is 1. The smallest absolute Gasteiger partial charge is 0.289 e. The maximum Gasteiger partial charge on any atom is 0.289 e. The second-order valence-corrected chi connectivity index (χ2v) is 7.02. The molecular weight excluding hydrogens is 370 g/mol. The SMILES string of the molecule is C[C@@H]1Cc2cc(F)ccc2N1C(=O)Cc1nc(N2CCOCC2)c(F)c(=O)[nH]1. The van der Waals surface area contributed by atoms with Crippen LogP contribution in [0.5, 0.6) is 0 Å². The van der Waals surface area contributed by atoms with Crippen LogP contribution in [-0.4, -0.2) is 48.2 Å². The van der Waals surface area contributed by atoms with Gasteiger partial charge in [0.25, 0.3) is 5.56 Å². The molecule has 0 saturated carbocycles. The number of nitrogens with one attached hydrogen (secondary N) is 1. The number of amides is 1. The minimum Gasteiger partial charge on any atom is -0.378 e. The quantitative estimate of drug-likeness (QED) is 0.857. The lowest BCUT2D eigenvalue weighted by atomic mass is 10.1. The molecule has 0 spiro atoms. The van der Waals surface area contributed by atoms with E-state index in [0.29, 0.717) is 38.4 Å². The predicted molar refractivity (Wildman–Crippen MR) is 98.6 cm³/mol. The van der Waals surface area contributed by atoms with Crippen LogP contribution in [0.3, 0.4) is 0 Å². The van der Waals surface area contributed by atoms with Gasteiger partial charge in [-0.1, -0.05) is 0 Å². The molecule has 2 aromatic rings. The zero-order chi connectivity index (χ0) is 19.8. The number of rotatable bonds is 3. The van der Waals surface area contributed by atoms with Crippen LogP contribution in [0.15, 0.2) is 23.0 Å². The van der Waals surface area contributed by atoms with Crippen molar-refractivity contribution in [3.63, 3.8) is 0 Å². The topological polar surface area (TPSA) is 78.5 Å². The molecule has 0 unspecified atom stereocenters. The number of H-pyrrole nitrogens is 1. The number of halogens is 2. The van der Waals surface area contributed by atoms with Gasteiger partial charge in [-0.3, -0.25) is 9.59 Å². The van der Waals surface area contributed by atoms with Crippen LogP contribution in [0, 0.1) is 11.6 Å². The molecule has 1 aromatic heterocycles. The molecule has 4 rings (SSSR count). The van der Waals surface area contributed by atoms with Crippen LogP contribution in [0.2, 0.25) is 0 Å². The van der Waals surface area contributed by atoms with Crippen molar-refractivity contribution < 1.29 is 18.3 Å². The largest absolute Gasteiger partial charge is 0.378 e. The Morgan fingerprint density at radius 2 is 2.07 bits per heavy atom. The van der Waals surface area contributed by atoms with Crippen LogP contribution in [0.4, 0.5) is 20.3 Å². The standard InChI is InChI=1S/C19H20F2N4O3/c1-11-8-12-9-13(20)2-3-14(12)25(11)16(26)10-15-22-18(17(21)19(27)23-15)24-4-6-28-7-5-24/h2-3,9,11H,4-8,10H2,1H3,(H,22,23,27)/t11-/m1/s1. The molecule has 1 fully saturated rings. The lowest BCUT2D eigenvalue weighted by Crippen LogP contribution is -2.40. The second-order valence-electron chi connectivity index (χ2n) is 7.02. The van der Waals surface area contributed by atoms with Crippen molar-refractivity contribution in [3.8, 4) is 0 Å². The highest BCUT2D eigenvalue weighted by atomic mass is 19.1. The average molecular weight is 390 g/mol. The first-order valence-corrected chi connectivity index (χ1v) is 9.16. The Kier molecular flexibility index (Phi) is 4.84. The molecule has 0 aliphatic carbocycles. The average Bonchev–Trinajstić information content (AvgIpc) is 3.00. The monoisotopic (exact) mass is 390 g/mol. The summed E-state index contributed by atoms with van der Waals surface area (Å²) in [6.07, 6.45) is 0.360.